The minimum absolute atomic E-state index is 0.00734. The number of hydrazine groups is 1. The Hall–Kier alpha value is -2.05. The number of hydrogen-bond donors (Lipinski definition) is 4. The summed E-state index contributed by atoms with van der Waals surface area (Å²) < 4.78 is 24.6. The van der Waals surface area contributed by atoms with Crippen molar-refractivity contribution in [3.8, 4) is 0 Å². The normalized spacial score (nSPS) is 11.2. The monoisotopic (exact) mass is 305 g/mol. The van der Waals surface area contributed by atoms with Crippen LogP contribution >= 0.6 is 0 Å². The molecule has 0 saturated carbocycles. The molecule has 0 aliphatic carbocycles. The van der Waals surface area contributed by atoms with Gasteiger partial charge in [-0.2, -0.15) is 4.98 Å². The lowest BCUT2D eigenvalue weighted by molar-refractivity contribution is -0.385. The van der Waals surface area contributed by atoms with Crippen molar-refractivity contribution in [1.29, 1.82) is 0 Å². The molecular formula is C8H15N7O4S. The lowest BCUT2D eigenvalue weighted by Gasteiger charge is -2.09. The van der Waals surface area contributed by atoms with Crippen molar-refractivity contribution in [1.82, 2.24) is 14.7 Å². The predicted molar refractivity (Wildman–Crippen MR) is 72.6 cm³/mol. The number of nitro groups is 1. The highest BCUT2D eigenvalue weighted by Crippen LogP contribution is 2.25. The summed E-state index contributed by atoms with van der Waals surface area (Å²) in [7, 11) is -2.13. The first-order valence-electron chi connectivity index (χ1n) is 5.45. The van der Waals surface area contributed by atoms with Gasteiger partial charge in [0.1, 0.15) is 5.69 Å². The van der Waals surface area contributed by atoms with E-state index in [2.05, 4.69) is 25.4 Å². The van der Waals surface area contributed by atoms with Crippen molar-refractivity contribution in [3.63, 3.8) is 0 Å². The second kappa shape index (κ2) is 6.40. The molecule has 0 spiro atoms. The number of nitrogens with two attached hydrogens (primary N) is 1. The van der Waals surface area contributed by atoms with Gasteiger partial charge in [0, 0.05) is 6.54 Å². The number of sulfonamides is 1. The maximum Gasteiger partial charge on any atom is 0.332 e. The molecule has 12 heteroatoms. The number of nitrogens with one attached hydrogen (secondary N) is 3. The molecule has 0 unspecified atom stereocenters. The van der Waals surface area contributed by atoms with E-state index in [0.717, 1.165) is 0 Å². The number of nitrogens with zero attached hydrogens (tertiary/aromatic N) is 3. The summed E-state index contributed by atoms with van der Waals surface area (Å²) in [6.07, 6.45) is 0. The van der Waals surface area contributed by atoms with E-state index in [1.807, 2.05) is 0 Å². The molecule has 0 aromatic carbocycles. The quantitative estimate of drug-likeness (QED) is 0.279. The van der Waals surface area contributed by atoms with Crippen molar-refractivity contribution < 1.29 is 13.3 Å². The molecule has 0 saturated heterocycles. The standard InChI is InChI=1S/C8H15N7O4S/c1-5-6(15(16)17)7(13-8(12-5)14-9)11-3-4-20(18,19)10-2/h10H,3-4,9H2,1-2H3,(H2,11,12,13,14). The number of aryl methyl sites for hydroxylation is 1. The molecule has 1 aromatic heterocycles. The number of hydrogen-bond acceptors (Lipinski definition) is 9. The highest BCUT2D eigenvalue weighted by molar-refractivity contribution is 7.89. The summed E-state index contributed by atoms with van der Waals surface area (Å²) >= 11 is 0. The Kier molecular flexibility index (Phi) is 5.12. The molecule has 1 rings (SSSR count). The van der Waals surface area contributed by atoms with Crippen LogP contribution in [0, 0.1) is 17.0 Å². The third kappa shape index (κ3) is 3.97. The van der Waals surface area contributed by atoms with E-state index in [1.54, 1.807) is 0 Å². The zero-order valence-electron chi connectivity index (χ0n) is 10.9. The van der Waals surface area contributed by atoms with Crippen LogP contribution in [0.3, 0.4) is 0 Å². The number of rotatable bonds is 7. The fraction of sp³-hybridized carbons (Fsp3) is 0.500. The average Bonchev–Trinajstić information content (AvgIpc) is 2.37. The van der Waals surface area contributed by atoms with E-state index in [0.29, 0.717) is 0 Å². The van der Waals surface area contributed by atoms with Crippen molar-refractivity contribution >= 4 is 27.5 Å². The molecule has 11 nitrogen and oxygen atoms in total. The lowest BCUT2D eigenvalue weighted by atomic mass is 10.3. The SMILES string of the molecule is CNS(=O)(=O)CCNc1nc(NN)nc(C)c1[N+](=O)[O-]. The lowest BCUT2D eigenvalue weighted by Crippen LogP contribution is -2.26. The first-order valence-corrected chi connectivity index (χ1v) is 7.10. The first-order chi connectivity index (χ1) is 9.30. The van der Waals surface area contributed by atoms with Crippen LogP contribution in [0.1, 0.15) is 5.69 Å². The third-order valence-electron chi connectivity index (χ3n) is 2.34. The molecule has 5 N–H and O–H groups in total. The van der Waals surface area contributed by atoms with Gasteiger partial charge in [0.2, 0.25) is 21.8 Å². The molecule has 112 valence electrons. The maximum absolute atomic E-state index is 11.2. The Morgan fingerprint density at radius 3 is 2.55 bits per heavy atom. The van der Waals surface area contributed by atoms with Crippen molar-refractivity contribution in [2.24, 2.45) is 5.84 Å². The van der Waals surface area contributed by atoms with Crippen LogP contribution in [0.2, 0.25) is 0 Å². The Morgan fingerprint density at radius 1 is 1.40 bits per heavy atom. The molecule has 20 heavy (non-hydrogen) atoms. The smallest absolute Gasteiger partial charge is 0.332 e. The summed E-state index contributed by atoms with van der Waals surface area (Å²) in [5.41, 5.74) is 1.96. The van der Waals surface area contributed by atoms with Gasteiger partial charge in [-0.05, 0) is 14.0 Å². The molecule has 1 heterocycles. The summed E-state index contributed by atoms with van der Waals surface area (Å²) in [5.74, 6) is 4.80. The van der Waals surface area contributed by atoms with Gasteiger partial charge in [0.15, 0.2) is 0 Å². The van der Waals surface area contributed by atoms with E-state index in [4.69, 9.17) is 5.84 Å². The van der Waals surface area contributed by atoms with Gasteiger partial charge in [-0.25, -0.2) is 24.0 Å². The summed E-state index contributed by atoms with van der Waals surface area (Å²) in [4.78, 5) is 17.9. The molecule has 1 aromatic rings. The number of nitrogen functional groups attached to an aromatic ring is 1. The van der Waals surface area contributed by atoms with Gasteiger partial charge in [-0.15, -0.1) is 0 Å². The number of anilines is 2. The minimum Gasteiger partial charge on any atom is -0.363 e. The van der Waals surface area contributed by atoms with Gasteiger partial charge in [-0.3, -0.25) is 15.5 Å². The molecule has 0 fully saturated rings. The average molecular weight is 305 g/mol. The Balaban J connectivity index is 2.98. The van der Waals surface area contributed by atoms with Gasteiger partial charge in [0.05, 0.1) is 10.7 Å². The molecule has 0 atom stereocenters. The topological polar surface area (TPSA) is 165 Å². The number of aromatic nitrogens is 2. The van der Waals surface area contributed by atoms with Crippen LogP contribution in [0.5, 0.6) is 0 Å². The molecular weight excluding hydrogens is 290 g/mol. The van der Waals surface area contributed by atoms with Crippen LogP contribution in [0.25, 0.3) is 0 Å². The largest absolute Gasteiger partial charge is 0.363 e. The highest BCUT2D eigenvalue weighted by Gasteiger charge is 2.22. The van der Waals surface area contributed by atoms with Crippen LogP contribution < -0.4 is 21.3 Å². The summed E-state index contributed by atoms with van der Waals surface area (Å²) in [6.45, 7) is 1.38. The predicted octanol–water partition coefficient (Wildman–Crippen LogP) is -1.06. The third-order valence-corrected chi connectivity index (χ3v) is 3.71. The van der Waals surface area contributed by atoms with E-state index in [1.165, 1.54) is 14.0 Å². The Morgan fingerprint density at radius 2 is 2.05 bits per heavy atom. The highest BCUT2D eigenvalue weighted by atomic mass is 32.2. The van der Waals surface area contributed by atoms with Gasteiger partial charge in [-0.1, -0.05) is 0 Å². The second-order valence-electron chi connectivity index (χ2n) is 3.68. The van der Waals surface area contributed by atoms with Gasteiger partial charge >= 0.3 is 5.69 Å². The molecule has 0 radical (unpaired) electrons. The van der Waals surface area contributed by atoms with Gasteiger partial charge in [0.25, 0.3) is 0 Å². The van der Waals surface area contributed by atoms with Gasteiger partial charge < -0.3 is 5.32 Å². The van der Waals surface area contributed by atoms with E-state index in [-0.39, 0.29) is 35.4 Å². The van der Waals surface area contributed by atoms with E-state index >= 15 is 0 Å². The molecule has 0 bridgehead atoms. The van der Waals surface area contributed by atoms with Crippen LogP contribution in [0.15, 0.2) is 0 Å². The summed E-state index contributed by atoms with van der Waals surface area (Å²) in [6, 6.07) is 0. The van der Waals surface area contributed by atoms with E-state index in [9.17, 15) is 18.5 Å². The van der Waals surface area contributed by atoms with E-state index < -0.39 is 14.9 Å². The zero-order chi connectivity index (χ0) is 15.3. The first kappa shape index (κ1) is 16.0. The fourth-order valence-corrected chi connectivity index (χ4v) is 1.95. The second-order valence-corrected chi connectivity index (χ2v) is 5.73. The van der Waals surface area contributed by atoms with Crippen molar-refractivity contribution in [3.05, 3.63) is 15.8 Å². The Labute approximate surface area is 115 Å². The summed E-state index contributed by atoms with van der Waals surface area (Å²) in [5, 5.41) is 13.6. The van der Waals surface area contributed by atoms with Crippen molar-refractivity contribution in [2.75, 3.05) is 30.1 Å². The molecule has 0 amide bonds. The fourth-order valence-electron chi connectivity index (χ4n) is 1.38. The van der Waals surface area contributed by atoms with Crippen LogP contribution in [0.4, 0.5) is 17.5 Å². The minimum atomic E-state index is -3.41. The van der Waals surface area contributed by atoms with Crippen LogP contribution in [-0.4, -0.2) is 42.7 Å². The Bertz CT molecular complexity index is 603. The van der Waals surface area contributed by atoms with Crippen LogP contribution in [-0.2, 0) is 10.0 Å². The molecule has 0 aliphatic heterocycles. The maximum atomic E-state index is 11.2. The zero-order valence-corrected chi connectivity index (χ0v) is 11.7. The molecule has 0 aliphatic rings. The van der Waals surface area contributed by atoms with Crippen molar-refractivity contribution in [2.45, 2.75) is 6.92 Å².